The zero-order valence-electron chi connectivity index (χ0n) is 6.58. The van der Waals surface area contributed by atoms with Gasteiger partial charge >= 0.3 is 11.1 Å². The van der Waals surface area contributed by atoms with Crippen LogP contribution in [0.15, 0.2) is 12.3 Å². The van der Waals surface area contributed by atoms with Gasteiger partial charge < -0.3 is 9.94 Å². The minimum absolute atomic E-state index is 0.0587. The van der Waals surface area contributed by atoms with Crippen molar-refractivity contribution in [2.45, 2.75) is 0 Å². The average molecular weight is 206 g/mol. The van der Waals surface area contributed by atoms with E-state index in [1.165, 1.54) is 0 Å². The van der Waals surface area contributed by atoms with Crippen molar-refractivity contribution in [3.05, 3.63) is 34.0 Å². The number of carbonyl (C=O) groups excluding carboxylic acids is 1. The summed E-state index contributed by atoms with van der Waals surface area (Å²) in [6, 6.07) is 0.836. The third kappa shape index (κ3) is 1.86. The molecular weight excluding hydrogens is 201 g/mol. The molecular formula is C7H5ClFNO3. The second-order valence-electron chi connectivity index (χ2n) is 2.18. The number of methoxy groups -OCH3 is 1. The lowest BCUT2D eigenvalue weighted by atomic mass is 10.3. The van der Waals surface area contributed by atoms with Gasteiger partial charge in [-0.25, -0.2) is 9.18 Å². The molecule has 0 saturated heterocycles. The molecule has 0 spiro atoms. The Morgan fingerprint density at radius 2 is 2.38 bits per heavy atom. The lowest BCUT2D eigenvalue weighted by Gasteiger charge is -2.02. The van der Waals surface area contributed by atoms with Crippen LogP contribution < -0.4 is 4.73 Å². The van der Waals surface area contributed by atoms with Crippen molar-refractivity contribution in [3.63, 3.8) is 0 Å². The van der Waals surface area contributed by atoms with Gasteiger partial charge in [-0.05, 0) is 11.6 Å². The van der Waals surface area contributed by atoms with Gasteiger partial charge in [-0.15, -0.1) is 0 Å². The average Bonchev–Trinajstić information content (AvgIpc) is 2.10. The Kier molecular flexibility index (Phi) is 2.67. The maximum absolute atomic E-state index is 12.6. The summed E-state index contributed by atoms with van der Waals surface area (Å²) in [7, 11) is 1.11. The molecule has 1 heterocycles. The van der Waals surface area contributed by atoms with E-state index >= 15 is 0 Å². The van der Waals surface area contributed by atoms with Gasteiger partial charge in [0.15, 0.2) is 5.82 Å². The Morgan fingerprint density at radius 3 is 2.92 bits per heavy atom. The molecule has 4 nitrogen and oxygen atoms in total. The van der Waals surface area contributed by atoms with Crippen LogP contribution in [0.1, 0.15) is 10.4 Å². The number of pyridine rings is 1. The minimum Gasteiger partial charge on any atom is -0.618 e. The van der Waals surface area contributed by atoms with Crippen LogP contribution in [-0.2, 0) is 4.74 Å². The van der Waals surface area contributed by atoms with Gasteiger partial charge in [-0.2, -0.15) is 4.73 Å². The van der Waals surface area contributed by atoms with Crippen molar-refractivity contribution in [3.8, 4) is 0 Å². The van der Waals surface area contributed by atoms with E-state index in [4.69, 9.17) is 11.6 Å². The van der Waals surface area contributed by atoms with E-state index in [1.54, 1.807) is 0 Å². The van der Waals surface area contributed by atoms with Crippen LogP contribution in [0.4, 0.5) is 4.39 Å². The molecule has 6 heteroatoms. The highest BCUT2D eigenvalue weighted by Crippen LogP contribution is 2.12. The number of hydrogen-bond acceptors (Lipinski definition) is 3. The first-order valence-corrected chi connectivity index (χ1v) is 3.60. The van der Waals surface area contributed by atoms with Crippen LogP contribution in [0.2, 0.25) is 5.15 Å². The van der Waals surface area contributed by atoms with E-state index in [2.05, 4.69) is 4.74 Å². The van der Waals surface area contributed by atoms with Gasteiger partial charge in [0, 0.05) is 6.07 Å². The Labute approximate surface area is 78.1 Å². The Bertz CT molecular complexity index is 356. The first kappa shape index (κ1) is 9.73. The maximum Gasteiger partial charge on any atom is 0.345 e. The zero-order chi connectivity index (χ0) is 10.0. The van der Waals surface area contributed by atoms with E-state index in [0.717, 1.165) is 13.2 Å². The van der Waals surface area contributed by atoms with Crippen molar-refractivity contribution in [2.75, 3.05) is 7.11 Å². The number of rotatable bonds is 1. The molecule has 0 aliphatic carbocycles. The lowest BCUT2D eigenvalue weighted by Crippen LogP contribution is -2.30. The Balaban J connectivity index is 3.28. The summed E-state index contributed by atoms with van der Waals surface area (Å²) >= 11 is 5.42. The van der Waals surface area contributed by atoms with Crippen LogP contribution in [-0.4, -0.2) is 13.1 Å². The fourth-order valence-corrected chi connectivity index (χ4v) is 0.956. The molecule has 0 N–H and O–H groups in total. The number of carbonyl (C=O) groups is 1. The molecule has 70 valence electrons. The van der Waals surface area contributed by atoms with Crippen molar-refractivity contribution < 1.29 is 18.7 Å². The molecule has 0 radical (unpaired) electrons. The molecule has 0 saturated carbocycles. The summed E-state index contributed by atoms with van der Waals surface area (Å²) in [5.41, 5.74) is -0.292. The molecule has 1 aromatic rings. The highest BCUT2D eigenvalue weighted by atomic mass is 35.5. The first-order valence-electron chi connectivity index (χ1n) is 3.22. The summed E-state index contributed by atoms with van der Waals surface area (Å²) in [6.07, 6.45) is 0.620. The SMILES string of the molecule is COC(=O)c1cc(F)c[n+]([O-])c1Cl. The summed E-state index contributed by atoms with van der Waals surface area (Å²) in [6.45, 7) is 0. The first-order chi connectivity index (χ1) is 6.06. The Hall–Kier alpha value is -1.36. The van der Waals surface area contributed by atoms with Gasteiger partial charge in [-0.1, -0.05) is 0 Å². The van der Waals surface area contributed by atoms with Gasteiger partial charge in [0.25, 0.3) is 0 Å². The van der Waals surface area contributed by atoms with E-state index in [0.29, 0.717) is 6.20 Å². The molecule has 0 bridgehead atoms. The highest BCUT2D eigenvalue weighted by molar-refractivity contribution is 6.31. The molecule has 0 aromatic carbocycles. The molecule has 0 atom stereocenters. The molecule has 0 aliphatic rings. The molecule has 0 amide bonds. The number of esters is 1. The van der Waals surface area contributed by atoms with Gasteiger partial charge in [0.1, 0.15) is 5.56 Å². The molecule has 0 unspecified atom stereocenters. The highest BCUT2D eigenvalue weighted by Gasteiger charge is 2.19. The molecule has 0 fully saturated rings. The van der Waals surface area contributed by atoms with E-state index in [1.807, 2.05) is 0 Å². The predicted octanol–water partition coefficient (Wildman–Crippen LogP) is 0.899. The number of hydrogen-bond donors (Lipinski definition) is 0. The number of aromatic nitrogens is 1. The molecule has 1 rings (SSSR count). The van der Waals surface area contributed by atoms with E-state index in [9.17, 15) is 14.4 Å². The standard InChI is InChI=1S/C7H5ClFNO3/c1-13-7(11)5-2-4(9)3-10(12)6(5)8/h2-3H,1H3. The van der Waals surface area contributed by atoms with Crippen LogP contribution in [0.25, 0.3) is 0 Å². The number of ether oxygens (including phenoxy) is 1. The van der Waals surface area contributed by atoms with Crippen LogP contribution >= 0.6 is 11.6 Å². The number of halogens is 2. The molecule has 13 heavy (non-hydrogen) atoms. The fourth-order valence-electron chi connectivity index (χ4n) is 0.775. The zero-order valence-corrected chi connectivity index (χ0v) is 7.34. The van der Waals surface area contributed by atoms with Crippen molar-refractivity contribution in [1.29, 1.82) is 0 Å². The van der Waals surface area contributed by atoms with Crippen molar-refractivity contribution in [1.82, 2.24) is 0 Å². The third-order valence-electron chi connectivity index (χ3n) is 1.34. The van der Waals surface area contributed by atoms with Crippen molar-refractivity contribution in [2.24, 2.45) is 0 Å². The largest absolute Gasteiger partial charge is 0.618 e. The van der Waals surface area contributed by atoms with E-state index in [-0.39, 0.29) is 10.3 Å². The third-order valence-corrected chi connectivity index (χ3v) is 1.71. The monoisotopic (exact) mass is 205 g/mol. The normalized spacial score (nSPS) is 9.77. The van der Waals surface area contributed by atoms with Crippen LogP contribution in [0.5, 0.6) is 0 Å². The molecule has 0 aliphatic heterocycles. The fraction of sp³-hybridized carbons (Fsp3) is 0.143. The lowest BCUT2D eigenvalue weighted by molar-refractivity contribution is -0.604. The smallest absolute Gasteiger partial charge is 0.345 e. The number of nitrogens with zero attached hydrogens (tertiary/aromatic N) is 1. The second-order valence-corrected chi connectivity index (χ2v) is 2.54. The second kappa shape index (κ2) is 3.57. The summed E-state index contributed by atoms with van der Waals surface area (Å²) in [5.74, 6) is -1.70. The summed E-state index contributed by atoms with van der Waals surface area (Å²) in [5, 5.41) is 10.4. The van der Waals surface area contributed by atoms with Gasteiger partial charge in [0.2, 0.25) is 6.20 Å². The van der Waals surface area contributed by atoms with E-state index < -0.39 is 16.9 Å². The predicted molar refractivity (Wildman–Crippen MR) is 41.7 cm³/mol. The Morgan fingerprint density at radius 1 is 1.77 bits per heavy atom. The topological polar surface area (TPSA) is 53.2 Å². The summed E-state index contributed by atoms with van der Waals surface area (Å²) < 4.78 is 17.0. The van der Waals surface area contributed by atoms with Crippen LogP contribution in [0, 0.1) is 11.0 Å². The quantitative estimate of drug-likeness (QED) is 0.296. The molecule has 1 aromatic heterocycles. The van der Waals surface area contributed by atoms with Gasteiger partial charge in [0.05, 0.1) is 7.11 Å². The van der Waals surface area contributed by atoms with Crippen molar-refractivity contribution >= 4 is 17.6 Å². The maximum atomic E-state index is 12.6. The van der Waals surface area contributed by atoms with Crippen LogP contribution in [0.3, 0.4) is 0 Å². The minimum atomic E-state index is -0.853. The summed E-state index contributed by atoms with van der Waals surface area (Å²) in [4.78, 5) is 10.9. The van der Waals surface area contributed by atoms with Gasteiger partial charge in [-0.3, -0.25) is 0 Å².